The van der Waals surface area contributed by atoms with Crippen LogP contribution in [-0.2, 0) is 19.3 Å². The van der Waals surface area contributed by atoms with Crippen molar-refractivity contribution in [2.45, 2.75) is 52.9 Å². The van der Waals surface area contributed by atoms with Gasteiger partial charge in [0.2, 0.25) is 0 Å². The zero-order valence-electron chi connectivity index (χ0n) is 12.5. The van der Waals surface area contributed by atoms with E-state index in [1.165, 1.54) is 0 Å². The van der Waals surface area contributed by atoms with E-state index in [4.69, 9.17) is 0 Å². The molecule has 0 saturated heterocycles. The Hall–Kier alpha value is -1.77. The molecule has 0 amide bonds. The van der Waals surface area contributed by atoms with Gasteiger partial charge in [-0.15, -0.1) is 0 Å². The summed E-state index contributed by atoms with van der Waals surface area (Å²) in [7, 11) is 0. The maximum atomic E-state index is 12.6. The Morgan fingerprint density at radius 3 is 2.40 bits per heavy atom. The van der Waals surface area contributed by atoms with E-state index >= 15 is 0 Å². The lowest BCUT2D eigenvalue weighted by atomic mass is 9.99. The van der Waals surface area contributed by atoms with Gasteiger partial charge >= 0.3 is 0 Å². The topological polar surface area (TPSA) is 53.1 Å². The molecule has 0 fully saturated rings. The molecule has 0 bridgehead atoms. The molecule has 108 valence electrons. The Kier molecular flexibility index (Phi) is 4.48. The molecule has 0 saturated carbocycles. The SMILES string of the molecule is CCCc1[nH]c2c(CCC)cc(O)cc2c(=O)c1CC. The number of benzene rings is 1. The average molecular weight is 273 g/mol. The molecule has 3 nitrogen and oxygen atoms in total. The Balaban J connectivity index is 2.81. The molecule has 1 aromatic heterocycles. The van der Waals surface area contributed by atoms with Crippen LogP contribution in [0.25, 0.3) is 10.9 Å². The van der Waals surface area contributed by atoms with Crippen LogP contribution in [0.15, 0.2) is 16.9 Å². The fraction of sp³-hybridized carbons (Fsp3) is 0.471. The van der Waals surface area contributed by atoms with Crippen LogP contribution in [0.2, 0.25) is 0 Å². The first-order chi connectivity index (χ1) is 9.62. The first-order valence-electron chi connectivity index (χ1n) is 7.51. The van der Waals surface area contributed by atoms with Crippen molar-refractivity contribution >= 4 is 10.9 Å². The molecular formula is C17H23NO2. The summed E-state index contributed by atoms with van der Waals surface area (Å²) in [6.07, 6.45) is 4.47. The molecular weight excluding hydrogens is 250 g/mol. The molecule has 1 heterocycles. The first kappa shape index (κ1) is 14.6. The summed E-state index contributed by atoms with van der Waals surface area (Å²) in [6.45, 7) is 6.22. The van der Waals surface area contributed by atoms with Crippen LogP contribution in [-0.4, -0.2) is 10.1 Å². The highest BCUT2D eigenvalue weighted by Crippen LogP contribution is 2.24. The number of hydrogen-bond donors (Lipinski definition) is 2. The van der Waals surface area contributed by atoms with E-state index < -0.39 is 0 Å². The largest absolute Gasteiger partial charge is 0.508 e. The predicted molar refractivity (Wildman–Crippen MR) is 83.6 cm³/mol. The van der Waals surface area contributed by atoms with E-state index in [9.17, 15) is 9.90 Å². The van der Waals surface area contributed by atoms with Crippen molar-refractivity contribution in [3.8, 4) is 5.75 Å². The van der Waals surface area contributed by atoms with Crippen LogP contribution >= 0.6 is 0 Å². The van der Waals surface area contributed by atoms with E-state index in [1.807, 2.05) is 6.92 Å². The Morgan fingerprint density at radius 1 is 1.10 bits per heavy atom. The zero-order valence-corrected chi connectivity index (χ0v) is 12.5. The third-order valence-electron chi connectivity index (χ3n) is 3.74. The molecule has 0 spiro atoms. The fourth-order valence-corrected chi connectivity index (χ4v) is 2.84. The van der Waals surface area contributed by atoms with Gasteiger partial charge in [0.05, 0.1) is 5.52 Å². The van der Waals surface area contributed by atoms with Crippen molar-refractivity contribution in [2.24, 2.45) is 0 Å². The third kappa shape index (κ3) is 2.58. The summed E-state index contributed by atoms with van der Waals surface area (Å²) in [5.41, 5.74) is 3.90. The van der Waals surface area contributed by atoms with Gasteiger partial charge in [0.1, 0.15) is 5.75 Å². The van der Waals surface area contributed by atoms with Crippen molar-refractivity contribution in [1.82, 2.24) is 4.98 Å². The van der Waals surface area contributed by atoms with E-state index in [-0.39, 0.29) is 11.2 Å². The molecule has 0 unspecified atom stereocenters. The number of aromatic nitrogens is 1. The summed E-state index contributed by atoms with van der Waals surface area (Å²) in [5.74, 6) is 0.178. The predicted octanol–water partition coefficient (Wildman–Crippen LogP) is 3.70. The number of rotatable bonds is 5. The maximum absolute atomic E-state index is 12.6. The number of aromatic amines is 1. The minimum Gasteiger partial charge on any atom is -0.508 e. The van der Waals surface area contributed by atoms with E-state index in [2.05, 4.69) is 18.8 Å². The number of aromatic hydroxyl groups is 1. The highest BCUT2D eigenvalue weighted by Gasteiger charge is 2.13. The number of nitrogens with one attached hydrogen (secondary N) is 1. The van der Waals surface area contributed by atoms with Gasteiger partial charge in [0, 0.05) is 16.6 Å². The third-order valence-corrected chi connectivity index (χ3v) is 3.74. The standard InChI is InChI=1S/C17H23NO2/c1-4-7-11-9-12(19)10-14-16(11)18-15(8-5-2)13(6-3)17(14)20/h9-10,19H,4-8H2,1-3H3,(H,18,20). The molecule has 3 heteroatoms. The molecule has 0 radical (unpaired) electrons. The molecule has 2 aromatic rings. The second-order valence-corrected chi connectivity index (χ2v) is 5.29. The van der Waals surface area contributed by atoms with Gasteiger partial charge in [-0.05, 0) is 37.0 Å². The van der Waals surface area contributed by atoms with Crippen LogP contribution < -0.4 is 5.43 Å². The number of hydrogen-bond acceptors (Lipinski definition) is 2. The number of aryl methyl sites for hydroxylation is 2. The summed E-state index contributed by atoms with van der Waals surface area (Å²) in [4.78, 5) is 16.1. The lowest BCUT2D eigenvalue weighted by Gasteiger charge is -2.13. The minimum atomic E-state index is 0.0675. The van der Waals surface area contributed by atoms with E-state index in [0.29, 0.717) is 5.39 Å². The Labute approximate surface area is 119 Å². The fourth-order valence-electron chi connectivity index (χ4n) is 2.84. The minimum absolute atomic E-state index is 0.0675. The zero-order chi connectivity index (χ0) is 14.7. The number of fused-ring (bicyclic) bond motifs is 1. The van der Waals surface area contributed by atoms with Crippen molar-refractivity contribution in [1.29, 1.82) is 0 Å². The van der Waals surface area contributed by atoms with Crippen LogP contribution in [0.4, 0.5) is 0 Å². The number of H-pyrrole nitrogens is 1. The monoisotopic (exact) mass is 273 g/mol. The molecule has 0 aliphatic heterocycles. The van der Waals surface area contributed by atoms with Gasteiger partial charge in [-0.3, -0.25) is 4.79 Å². The Bertz CT molecular complexity index is 671. The number of phenols is 1. The summed E-state index contributed by atoms with van der Waals surface area (Å²) >= 11 is 0. The van der Waals surface area contributed by atoms with Gasteiger partial charge in [-0.25, -0.2) is 0 Å². The molecule has 0 aliphatic rings. The van der Waals surface area contributed by atoms with Crippen LogP contribution in [0.1, 0.15) is 50.4 Å². The number of pyridine rings is 1. The van der Waals surface area contributed by atoms with Crippen LogP contribution in [0.5, 0.6) is 5.75 Å². The van der Waals surface area contributed by atoms with Crippen molar-refractivity contribution in [2.75, 3.05) is 0 Å². The van der Waals surface area contributed by atoms with E-state index in [0.717, 1.165) is 54.4 Å². The first-order valence-corrected chi connectivity index (χ1v) is 7.51. The number of phenolic OH excluding ortho intramolecular Hbond substituents is 1. The molecule has 2 N–H and O–H groups in total. The van der Waals surface area contributed by atoms with Gasteiger partial charge < -0.3 is 10.1 Å². The summed E-state index contributed by atoms with van der Waals surface area (Å²) in [5, 5.41) is 10.5. The van der Waals surface area contributed by atoms with Gasteiger partial charge in [-0.2, -0.15) is 0 Å². The smallest absolute Gasteiger partial charge is 0.192 e. The molecule has 20 heavy (non-hydrogen) atoms. The highest BCUT2D eigenvalue weighted by atomic mass is 16.3. The second kappa shape index (κ2) is 6.12. The van der Waals surface area contributed by atoms with Crippen molar-refractivity contribution < 1.29 is 5.11 Å². The van der Waals surface area contributed by atoms with Crippen LogP contribution in [0, 0.1) is 0 Å². The molecule has 1 aromatic carbocycles. The van der Waals surface area contributed by atoms with Gasteiger partial charge in [-0.1, -0.05) is 33.6 Å². The lowest BCUT2D eigenvalue weighted by molar-refractivity contribution is 0.475. The second-order valence-electron chi connectivity index (χ2n) is 5.29. The van der Waals surface area contributed by atoms with Crippen molar-refractivity contribution in [3.63, 3.8) is 0 Å². The Morgan fingerprint density at radius 2 is 1.80 bits per heavy atom. The van der Waals surface area contributed by atoms with Crippen LogP contribution in [0.3, 0.4) is 0 Å². The van der Waals surface area contributed by atoms with Crippen molar-refractivity contribution in [3.05, 3.63) is 39.2 Å². The normalized spacial score (nSPS) is 11.2. The summed E-state index contributed by atoms with van der Waals surface area (Å²) in [6, 6.07) is 3.35. The summed E-state index contributed by atoms with van der Waals surface area (Å²) < 4.78 is 0. The average Bonchev–Trinajstić information content (AvgIpc) is 2.41. The maximum Gasteiger partial charge on any atom is 0.192 e. The highest BCUT2D eigenvalue weighted by molar-refractivity contribution is 5.84. The van der Waals surface area contributed by atoms with Gasteiger partial charge in [0.15, 0.2) is 5.43 Å². The lowest BCUT2D eigenvalue weighted by Crippen LogP contribution is -2.15. The molecule has 0 aliphatic carbocycles. The van der Waals surface area contributed by atoms with E-state index in [1.54, 1.807) is 12.1 Å². The molecule has 0 atom stereocenters. The van der Waals surface area contributed by atoms with Gasteiger partial charge in [0.25, 0.3) is 0 Å². The quantitative estimate of drug-likeness (QED) is 0.872. The molecule has 2 rings (SSSR count).